The summed E-state index contributed by atoms with van der Waals surface area (Å²) in [7, 11) is 1.61. The molecule has 7 heteroatoms. The summed E-state index contributed by atoms with van der Waals surface area (Å²) in [5.41, 5.74) is 1.27. The number of amides is 1. The lowest BCUT2D eigenvalue weighted by molar-refractivity contribution is 0.0982. The maximum absolute atomic E-state index is 13.5. The predicted octanol–water partition coefficient (Wildman–Crippen LogP) is 5.92. The lowest BCUT2D eigenvalue weighted by Gasteiger charge is -2.19. The number of fused-ring (bicyclic) bond motifs is 1. The van der Waals surface area contributed by atoms with Gasteiger partial charge in [-0.1, -0.05) is 36.8 Å². The van der Waals surface area contributed by atoms with Crippen LogP contribution in [0.3, 0.4) is 0 Å². The zero-order valence-corrected chi connectivity index (χ0v) is 18.4. The Morgan fingerprint density at radius 2 is 2.03 bits per heavy atom. The molecule has 0 unspecified atom stereocenters. The normalized spacial score (nSPS) is 10.9. The van der Waals surface area contributed by atoms with Crippen LogP contribution in [0, 0.1) is 0 Å². The fraction of sp³-hybridized carbons (Fsp3) is 0.250. The smallest absolute Gasteiger partial charge is 0.260 e. The minimum absolute atomic E-state index is 0.171. The number of hydrogen-bond donors (Lipinski definition) is 0. The Morgan fingerprint density at radius 1 is 1.16 bits per heavy atom. The van der Waals surface area contributed by atoms with Gasteiger partial charge in [-0.2, -0.15) is 0 Å². The van der Waals surface area contributed by atoms with Gasteiger partial charge in [-0.15, -0.1) is 0 Å². The van der Waals surface area contributed by atoms with Crippen molar-refractivity contribution in [1.29, 1.82) is 0 Å². The quantitative estimate of drug-likeness (QED) is 0.305. The van der Waals surface area contributed by atoms with Crippen molar-refractivity contribution in [3.8, 4) is 11.5 Å². The minimum atomic E-state index is -0.171. The molecule has 4 aromatic rings. The van der Waals surface area contributed by atoms with Crippen molar-refractivity contribution < 1.29 is 18.7 Å². The van der Waals surface area contributed by atoms with Gasteiger partial charge in [0, 0.05) is 5.56 Å². The first kappa shape index (κ1) is 20.9. The van der Waals surface area contributed by atoms with Crippen molar-refractivity contribution in [2.45, 2.75) is 26.3 Å². The van der Waals surface area contributed by atoms with E-state index in [1.807, 2.05) is 42.5 Å². The third kappa shape index (κ3) is 4.72. The number of methoxy groups -OCH3 is 1. The van der Waals surface area contributed by atoms with Crippen molar-refractivity contribution in [2.24, 2.45) is 0 Å². The van der Waals surface area contributed by atoms with E-state index in [0.29, 0.717) is 34.6 Å². The van der Waals surface area contributed by atoms with Gasteiger partial charge in [0.05, 0.1) is 31.2 Å². The third-order valence-electron chi connectivity index (χ3n) is 4.81. The average Bonchev–Trinajstić information content (AvgIpc) is 3.47. The van der Waals surface area contributed by atoms with Gasteiger partial charge in [-0.25, -0.2) is 4.98 Å². The Hall–Kier alpha value is -3.32. The fourth-order valence-corrected chi connectivity index (χ4v) is 4.17. The average molecular weight is 437 g/mol. The number of nitrogens with zero attached hydrogens (tertiary/aromatic N) is 2. The Morgan fingerprint density at radius 3 is 2.81 bits per heavy atom. The summed E-state index contributed by atoms with van der Waals surface area (Å²) >= 11 is 1.44. The van der Waals surface area contributed by atoms with Crippen LogP contribution in [0.2, 0.25) is 0 Å². The number of para-hydroxylation sites is 1. The molecule has 4 rings (SSSR count). The van der Waals surface area contributed by atoms with Gasteiger partial charge in [0.2, 0.25) is 0 Å². The van der Waals surface area contributed by atoms with Gasteiger partial charge in [-0.3, -0.25) is 9.69 Å². The van der Waals surface area contributed by atoms with Crippen LogP contribution < -0.4 is 14.4 Å². The summed E-state index contributed by atoms with van der Waals surface area (Å²) < 4.78 is 17.7. The number of rotatable bonds is 9. The van der Waals surface area contributed by atoms with E-state index < -0.39 is 0 Å². The second-order valence-corrected chi connectivity index (χ2v) is 8.01. The molecule has 0 aliphatic heterocycles. The van der Waals surface area contributed by atoms with Gasteiger partial charge in [0.15, 0.2) is 5.13 Å². The molecule has 160 valence electrons. The third-order valence-corrected chi connectivity index (χ3v) is 5.85. The summed E-state index contributed by atoms with van der Waals surface area (Å²) in [6.07, 6.45) is 3.62. The molecular weight excluding hydrogens is 412 g/mol. The molecule has 0 N–H and O–H groups in total. The van der Waals surface area contributed by atoms with Gasteiger partial charge in [0.25, 0.3) is 5.91 Å². The largest absolute Gasteiger partial charge is 0.494 e. The van der Waals surface area contributed by atoms with Crippen LogP contribution in [-0.2, 0) is 6.54 Å². The van der Waals surface area contributed by atoms with E-state index >= 15 is 0 Å². The number of furan rings is 1. The molecule has 0 atom stereocenters. The highest BCUT2D eigenvalue weighted by molar-refractivity contribution is 7.22. The van der Waals surface area contributed by atoms with Crippen LogP contribution in [0.25, 0.3) is 10.2 Å². The van der Waals surface area contributed by atoms with Crippen molar-refractivity contribution in [3.05, 3.63) is 72.2 Å². The maximum Gasteiger partial charge on any atom is 0.260 e. The maximum atomic E-state index is 13.5. The zero-order valence-electron chi connectivity index (χ0n) is 17.5. The lowest BCUT2D eigenvalue weighted by atomic mass is 10.2. The number of carbonyl (C=O) groups excluding carboxylic acids is 1. The second-order valence-electron chi connectivity index (χ2n) is 7.00. The number of carbonyl (C=O) groups is 1. The number of hydrogen-bond acceptors (Lipinski definition) is 6. The molecule has 2 heterocycles. The molecule has 2 aromatic carbocycles. The first-order chi connectivity index (χ1) is 15.2. The molecule has 2 aromatic heterocycles. The lowest BCUT2D eigenvalue weighted by Crippen LogP contribution is -2.30. The van der Waals surface area contributed by atoms with E-state index in [1.165, 1.54) is 11.3 Å². The standard InChI is InChI=1S/C24H24N2O4S/c1-3-4-13-29-18-9-5-8-17(15-18)23(27)26(16-19-10-7-14-30-19)24-25-22-20(28-2)11-6-12-21(22)31-24/h5-12,14-15H,3-4,13,16H2,1-2H3. The SMILES string of the molecule is CCCCOc1cccc(C(=O)N(Cc2ccco2)c2nc3c(OC)cccc3s2)c1. The van der Waals surface area contributed by atoms with Gasteiger partial charge in [0.1, 0.15) is 22.8 Å². The van der Waals surface area contributed by atoms with Crippen LogP contribution in [0.4, 0.5) is 5.13 Å². The summed E-state index contributed by atoms with van der Waals surface area (Å²) in [6, 6.07) is 16.7. The fourth-order valence-electron chi connectivity index (χ4n) is 3.19. The Bertz CT molecular complexity index is 1150. The van der Waals surface area contributed by atoms with Gasteiger partial charge in [-0.05, 0) is 48.9 Å². The van der Waals surface area contributed by atoms with Gasteiger partial charge < -0.3 is 13.9 Å². The van der Waals surface area contributed by atoms with E-state index in [2.05, 4.69) is 6.92 Å². The second kappa shape index (κ2) is 9.66. The molecule has 0 radical (unpaired) electrons. The Kier molecular flexibility index (Phi) is 6.52. The topological polar surface area (TPSA) is 64.8 Å². The molecule has 0 aliphatic carbocycles. The first-order valence-corrected chi connectivity index (χ1v) is 11.0. The Balaban J connectivity index is 1.69. The number of aromatic nitrogens is 1. The van der Waals surface area contributed by atoms with Crippen LogP contribution in [0.15, 0.2) is 65.3 Å². The number of anilines is 1. The van der Waals surface area contributed by atoms with E-state index in [-0.39, 0.29) is 12.5 Å². The van der Waals surface area contributed by atoms with Crippen molar-refractivity contribution in [3.63, 3.8) is 0 Å². The summed E-state index contributed by atoms with van der Waals surface area (Å²) in [4.78, 5) is 19.9. The predicted molar refractivity (Wildman–Crippen MR) is 122 cm³/mol. The molecule has 0 aliphatic rings. The van der Waals surface area contributed by atoms with Crippen molar-refractivity contribution >= 4 is 32.6 Å². The Labute approximate surface area is 185 Å². The van der Waals surface area contributed by atoms with Crippen LogP contribution >= 0.6 is 11.3 Å². The molecule has 0 saturated heterocycles. The molecule has 0 fully saturated rings. The van der Waals surface area contributed by atoms with Crippen LogP contribution in [-0.4, -0.2) is 24.6 Å². The molecule has 31 heavy (non-hydrogen) atoms. The molecule has 0 saturated carbocycles. The highest BCUT2D eigenvalue weighted by Gasteiger charge is 2.24. The molecule has 1 amide bonds. The summed E-state index contributed by atoms with van der Waals surface area (Å²) in [5, 5.41) is 0.582. The van der Waals surface area contributed by atoms with Crippen molar-refractivity contribution in [1.82, 2.24) is 4.98 Å². The highest BCUT2D eigenvalue weighted by Crippen LogP contribution is 2.35. The van der Waals surface area contributed by atoms with Crippen molar-refractivity contribution in [2.75, 3.05) is 18.6 Å². The molecule has 0 spiro atoms. The van der Waals surface area contributed by atoms with E-state index in [9.17, 15) is 4.79 Å². The molecule has 0 bridgehead atoms. The molecular formula is C24H24N2O4S. The van der Waals surface area contributed by atoms with Crippen LogP contribution in [0.5, 0.6) is 11.5 Å². The molecule has 6 nitrogen and oxygen atoms in total. The van der Waals surface area contributed by atoms with Gasteiger partial charge >= 0.3 is 0 Å². The van der Waals surface area contributed by atoms with Crippen LogP contribution in [0.1, 0.15) is 35.9 Å². The zero-order chi connectivity index (χ0) is 21.6. The summed E-state index contributed by atoms with van der Waals surface area (Å²) in [5.74, 6) is 1.87. The number of benzene rings is 2. The van der Waals surface area contributed by atoms with E-state index in [1.54, 1.807) is 30.4 Å². The number of unbranched alkanes of at least 4 members (excludes halogenated alkanes) is 1. The van der Waals surface area contributed by atoms with E-state index in [4.69, 9.17) is 18.9 Å². The highest BCUT2D eigenvalue weighted by atomic mass is 32.1. The first-order valence-electron chi connectivity index (χ1n) is 10.2. The number of thiazole rings is 1. The summed E-state index contributed by atoms with van der Waals surface area (Å²) in [6.45, 7) is 3.01. The van der Waals surface area contributed by atoms with E-state index in [0.717, 1.165) is 23.1 Å². The minimum Gasteiger partial charge on any atom is -0.494 e. The monoisotopic (exact) mass is 436 g/mol. The number of ether oxygens (including phenoxy) is 2.